The largest absolute Gasteiger partial charge is 0.477 e. The van der Waals surface area contributed by atoms with Gasteiger partial charge < -0.3 is 9.64 Å². The van der Waals surface area contributed by atoms with Gasteiger partial charge in [-0.3, -0.25) is 14.5 Å². The first-order chi connectivity index (χ1) is 20.4. The topological polar surface area (TPSA) is 87.9 Å². The molecule has 1 N–H and O–H groups in total. The Hall–Kier alpha value is -3.22. The van der Waals surface area contributed by atoms with Gasteiger partial charge in [-0.2, -0.15) is 18.3 Å². The second-order valence-corrected chi connectivity index (χ2v) is 12.5. The van der Waals surface area contributed by atoms with Crippen molar-refractivity contribution in [2.75, 3.05) is 31.6 Å². The van der Waals surface area contributed by atoms with E-state index in [4.69, 9.17) is 9.72 Å². The number of anilines is 1. The number of carbonyl (C=O) groups is 1. The van der Waals surface area contributed by atoms with Crippen LogP contribution in [-0.2, 0) is 0 Å². The molecule has 4 heterocycles. The lowest BCUT2D eigenvalue weighted by Gasteiger charge is -2.34. The Morgan fingerprint density at radius 2 is 1.98 bits per heavy atom. The highest BCUT2D eigenvalue weighted by Crippen LogP contribution is 2.60. The molecule has 1 aliphatic carbocycles. The molecule has 1 atom stereocenters. The second-order valence-electron chi connectivity index (χ2n) is 11.7. The summed E-state index contributed by atoms with van der Waals surface area (Å²) in [5, 5.41) is 11.5. The number of aromatic nitrogens is 3. The fourth-order valence-electron chi connectivity index (χ4n) is 5.67. The lowest BCUT2D eigenvalue weighted by atomic mass is 9.94. The molecule has 0 spiro atoms. The number of nitrogens with one attached hydrogen (secondary N) is 1. The molecule has 13 heteroatoms. The number of nitrogens with zero attached hydrogens (tertiary/aromatic N) is 6. The molecular formula is C30H42F3N7O2S. The van der Waals surface area contributed by atoms with Crippen molar-refractivity contribution in [3.05, 3.63) is 42.6 Å². The third-order valence-electron chi connectivity index (χ3n) is 8.18. The summed E-state index contributed by atoms with van der Waals surface area (Å²) in [5.74, 6) is 1.48. The monoisotopic (exact) mass is 621 g/mol. The highest BCUT2D eigenvalue weighted by atomic mass is 32.2. The van der Waals surface area contributed by atoms with Crippen molar-refractivity contribution >= 4 is 28.7 Å². The minimum Gasteiger partial charge on any atom is -0.477 e. The van der Waals surface area contributed by atoms with Crippen LogP contribution in [0.25, 0.3) is 5.82 Å². The predicted molar refractivity (Wildman–Crippen MR) is 165 cm³/mol. The Bertz CT molecular complexity index is 1320. The van der Waals surface area contributed by atoms with Crippen LogP contribution >= 0.6 is 11.9 Å². The van der Waals surface area contributed by atoms with Gasteiger partial charge in [-0.05, 0) is 76.5 Å². The van der Waals surface area contributed by atoms with E-state index in [1.54, 1.807) is 35.2 Å². The third kappa shape index (κ3) is 7.47. The SMILES string of the molecule is C=C/C1=N\N(C)CCC2CN(c3nc(-n4ccc(OCCCC5(C(F)(F)F)CC5)n4)ccc3C(=O)NS1)C(C)(C)C2.CC. The van der Waals surface area contributed by atoms with Crippen LogP contribution in [0.2, 0.25) is 0 Å². The number of hydrogen-bond acceptors (Lipinski definition) is 8. The Labute approximate surface area is 256 Å². The normalized spacial score (nSPS) is 22.4. The molecule has 9 nitrogen and oxygen atoms in total. The Balaban J connectivity index is 0.00000207. The number of carbonyl (C=O) groups excluding carboxylic acids is 1. The fraction of sp³-hybridized carbons (Fsp3) is 0.600. The van der Waals surface area contributed by atoms with Gasteiger partial charge in [-0.15, -0.1) is 5.10 Å². The zero-order valence-electron chi connectivity index (χ0n) is 25.6. The first-order valence-electron chi connectivity index (χ1n) is 14.8. The molecular weight excluding hydrogens is 579 g/mol. The summed E-state index contributed by atoms with van der Waals surface area (Å²) in [6.45, 7) is 13.8. The van der Waals surface area contributed by atoms with Gasteiger partial charge in [0.15, 0.2) is 5.82 Å². The molecule has 2 bridgehead atoms. The molecule has 1 saturated carbocycles. The van der Waals surface area contributed by atoms with E-state index >= 15 is 0 Å². The van der Waals surface area contributed by atoms with Crippen LogP contribution in [0.4, 0.5) is 19.0 Å². The van der Waals surface area contributed by atoms with Gasteiger partial charge in [0.05, 0.1) is 17.6 Å². The number of pyridine rings is 1. The number of rotatable bonds is 7. The first kappa shape index (κ1) is 32.7. The molecule has 1 saturated heterocycles. The molecule has 43 heavy (non-hydrogen) atoms. The summed E-state index contributed by atoms with van der Waals surface area (Å²) in [6, 6.07) is 5.12. The van der Waals surface area contributed by atoms with E-state index in [1.807, 2.05) is 25.9 Å². The zero-order chi connectivity index (χ0) is 31.4. The van der Waals surface area contributed by atoms with Crippen LogP contribution in [0.15, 0.2) is 42.2 Å². The lowest BCUT2D eigenvalue weighted by molar-refractivity contribution is -0.189. The van der Waals surface area contributed by atoms with Gasteiger partial charge in [0.2, 0.25) is 5.88 Å². The first-order valence-corrected chi connectivity index (χ1v) is 15.7. The molecule has 5 rings (SSSR count). The van der Waals surface area contributed by atoms with Crippen LogP contribution in [0.1, 0.15) is 76.6 Å². The summed E-state index contributed by atoms with van der Waals surface area (Å²) >= 11 is 1.11. The zero-order valence-corrected chi connectivity index (χ0v) is 26.4. The average Bonchev–Trinajstić information content (AvgIpc) is 3.53. The van der Waals surface area contributed by atoms with Crippen molar-refractivity contribution in [1.82, 2.24) is 24.5 Å². The number of fused-ring (bicyclic) bond motifs is 4. The molecule has 0 aromatic carbocycles. The quantitative estimate of drug-likeness (QED) is 0.275. The van der Waals surface area contributed by atoms with Gasteiger partial charge in [0.1, 0.15) is 10.9 Å². The van der Waals surface area contributed by atoms with E-state index in [1.165, 1.54) is 0 Å². The Morgan fingerprint density at radius 3 is 2.65 bits per heavy atom. The highest BCUT2D eigenvalue weighted by Gasteiger charge is 2.62. The highest BCUT2D eigenvalue weighted by molar-refractivity contribution is 8.13. The summed E-state index contributed by atoms with van der Waals surface area (Å²) in [4.78, 5) is 20.5. The molecule has 1 amide bonds. The number of hydrogen-bond donors (Lipinski definition) is 1. The van der Waals surface area contributed by atoms with E-state index in [0.717, 1.165) is 37.9 Å². The van der Waals surface area contributed by atoms with E-state index < -0.39 is 11.6 Å². The van der Waals surface area contributed by atoms with Gasteiger partial charge in [-0.1, -0.05) is 20.4 Å². The van der Waals surface area contributed by atoms with Crippen molar-refractivity contribution in [3.63, 3.8) is 0 Å². The number of amides is 1. The number of ether oxygens (including phenoxy) is 1. The predicted octanol–water partition coefficient (Wildman–Crippen LogP) is 6.61. The smallest absolute Gasteiger partial charge is 0.394 e. The van der Waals surface area contributed by atoms with E-state index in [0.29, 0.717) is 40.5 Å². The maximum absolute atomic E-state index is 13.4. The van der Waals surface area contributed by atoms with Crippen LogP contribution in [0.3, 0.4) is 0 Å². The summed E-state index contributed by atoms with van der Waals surface area (Å²) in [5.41, 5.74) is -1.32. The average molecular weight is 622 g/mol. The summed E-state index contributed by atoms with van der Waals surface area (Å²) in [7, 11) is 1.92. The van der Waals surface area contributed by atoms with E-state index in [9.17, 15) is 18.0 Å². The van der Waals surface area contributed by atoms with E-state index in [2.05, 4.69) is 40.2 Å². The van der Waals surface area contributed by atoms with Crippen molar-refractivity contribution in [3.8, 4) is 11.7 Å². The van der Waals surface area contributed by atoms with Crippen molar-refractivity contribution in [1.29, 1.82) is 0 Å². The maximum Gasteiger partial charge on any atom is 0.394 e. The Morgan fingerprint density at radius 1 is 1.23 bits per heavy atom. The van der Waals surface area contributed by atoms with Crippen molar-refractivity contribution in [2.45, 2.75) is 77.9 Å². The van der Waals surface area contributed by atoms with Crippen molar-refractivity contribution in [2.24, 2.45) is 16.4 Å². The maximum atomic E-state index is 13.4. The molecule has 236 valence electrons. The minimum atomic E-state index is -4.16. The van der Waals surface area contributed by atoms with Crippen LogP contribution in [0, 0.1) is 11.3 Å². The van der Waals surface area contributed by atoms with Crippen molar-refractivity contribution < 1.29 is 22.7 Å². The van der Waals surface area contributed by atoms with Gasteiger partial charge in [0.25, 0.3) is 5.91 Å². The van der Waals surface area contributed by atoms with Crippen LogP contribution < -0.4 is 14.4 Å². The molecule has 3 aliphatic rings. The third-order valence-corrected chi connectivity index (χ3v) is 8.92. The van der Waals surface area contributed by atoms with Gasteiger partial charge >= 0.3 is 6.18 Å². The van der Waals surface area contributed by atoms with E-state index in [-0.39, 0.29) is 37.3 Å². The Kier molecular flexibility index (Phi) is 10.0. The standard InChI is InChI=1S/C28H36F3N7O2S.C2H6/c1-5-23-34-36(4)14-9-19-17-26(2,3)37(18-19)24-20(25(39)35-41-23)7-8-21(32-24)38-15-10-22(33-38)40-16-6-11-27(12-13-27)28(29,30)31;1-2/h5,7-8,10,15,19H,1,6,9,11-14,16-18H2,2-4H3,(H,35,39);1-2H3/b34-23+;. The molecule has 2 fully saturated rings. The molecule has 1 unspecified atom stereocenters. The lowest BCUT2D eigenvalue weighted by Crippen LogP contribution is -2.40. The van der Waals surface area contributed by atoms with Gasteiger partial charge in [-0.25, -0.2) is 9.67 Å². The van der Waals surface area contributed by atoms with Crippen LogP contribution in [-0.4, -0.2) is 69.2 Å². The molecule has 0 radical (unpaired) electrons. The molecule has 2 aliphatic heterocycles. The minimum absolute atomic E-state index is 0.0625. The molecule has 2 aromatic heterocycles. The second kappa shape index (κ2) is 13.2. The number of halogens is 3. The fourth-order valence-corrected chi connectivity index (χ4v) is 6.24. The summed E-state index contributed by atoms with van der Waals surface area (Å²) in [6.07, 6.45) is 1.78. The van der Waals surface area contributed by atoms with Crippen LogP contribution in [0.5, 0.6) is 5.88 Å². The molecule has 2 aromatic rings. The van der Waals surface area contributed by atoms with Gasteiger partial charge in [0, 0.05) is 49.9 Å². The number of alkyl halides is 3. The summed E-state index contributed by atoms with van der Waals surface area (Å²) < 4.78 is 49.6. The number of hydrazone groups is 1.